The Morgan fingerprint density at radius 1 is 0.875 bits per heavy atom. The summed E-state index contributed by atoms with van der Waals surface area (Å²) in [6.45, 7) is 3.55. The lowest BCUT2D eigenvalue weighted by Gasteiger charge is -2.11. The van der Waals surface area contributed by atoms with Gasteiger partial charge in [0.05, 0.1) is 14.2 Å². The first kappa shape index (κ1) is 22.5. The second-order valence-corrected chi connectivity index (χ2v) is 7.12. The molecule has 0 fully saturated rings. The molecular weight excluding hydrogens is 412 g/mol. The number of hydrogen-bond donors (Lipinski definition) is 2. The van der Waals surface area contributed by atoms with Crippen LogP contribution >= 0.6 is 0 Å². The first-order chi connectivity index (χ1) is 15.3. The quantitative estimate of drug-likeness (QED) is 0.589. The van der Waals surface area contributed by atoms with Crippen LogP contribution in [0, 0.1) is 13.8 Å². The number of rotatable bonds is 7. The van der Waals surface area contributed by atoms with E-state index in [0.29, 0.717) is 22.9 Å². The Morgan fingerprint density at radius 2 is 1.56 bits per heavy atom. The van der Waals surface area contributed by atoms with E-state index in [1.807, 2.05) is 26.0 Å². The van der Waals surface area contributed by atoms with E-state index in [0.717, 1.165) is 15.8 Å². The van der Waals surface area contributed by atoms with Crippen molar-refractivity contribution in [2.24, 2.45) is 0 Å². The van der Waals surface area contributed by atoms with Crippen LogP contribution in [-0.2, 0) is 11.3 Å². The first-order valence-corrected chi connectivity index (χ1v) is 9.78. The van der Waals surface area contributed by atoms with E-state index < -0.39 is 17.4 Å². The highest BCUT2D eigenvalue weighted by Crippen LogP contribution is 2.25. The summed E-state index contributed by atoms with van der Waals surface area (Å²) in [5, 5.41) is 9.45. The van der Waals surface area contributed by atoms with Gasteiger partial charge in [0.25, 0.3) is 11.5 Å². The monoisotopic (exact) mass is 436 g/mol. The fourth-order valence-electron chi connectivity index (χ4n) is 2.91. The molecule has 2 amide bonds. The summed E-state index contributed by atoms with van der Waals surface area (Å²) < 4.78 is 11.3. The predicted molar refractivity (Wildman–Crippen MR) is 121 cm³/mol. The SMILES string of the molecule is COc1cc(NC(=O)Cn2nc(C(=O)Nc3ccc(C)c(C)c3)ccc2=O)cc(OC)c1. The lowest BCUT2D eigenvalue weighted by atomic mass is 10.1. The number of carbonyl (C=O) groups is 2. The number of hydrogen-bond acceptors (Lipinski definition) is 6. The highest BCUT2D eigenvalue weighted by molar-refractivity contribution is 6.02. The molecule has 1 heterocycles. The Labute approximate surface area is 185 Å². The van der Waals surface area contributed by atoms with Crippen molar-refractivity contribution in [2.45, 2.75) is 20.4 Å². The van der Waals surface area contributed by atoms with E-state index in [2.05, 4.69) is 15.7 Å². The molecule has 2 aromatic carbocycles. The molecule has 0 spiro atoms. The Balaban J connectivity index is 1.74. The van der Waals surface area contributed by atoms with Gasteiger partial charge in [-0.15, -0.1) is 0 Å². The van der Waals surface area contributed by atoms with Gasteiger partial charge in [0.2, 0.25) is 5.91 Å². The number of carbonyl (C=O) groups excluding carboxylic acids is 2. The van der Waals surface area contributed by atoms with E-state index in [-0.39, 0.29) is 12.2 Å². The van der Waals surface area contributed by atoms with Gasteiger partial charge in [-0.05, 0) is 43.2 Å². The molecule has 32 heavy (non-hydrogen) atoms. The number of aryl methyl sites for hydroxylation is 2. The lowest BCUT2D eigenvalue weighted by Crippen LogP contribution is -2.31. The number of amides is 2. The van der Waals surface area contributed by atoms with Crippen molar-refractivity contribution in [2.75, 3.05) is 24.9 Å². The third-order valence-electron chi connectivity index (χ3n) is 4.79. The molecule has 3 rings (SSSR count). The maximum atomic E-state index is 12.6. The molecule has 0 aliphatic carbocycles. The lowest BCUT2D eigenvalue weighted by molar-refractivity contribution is -0.117. The standard InChI is InChI=1S/C23H24N4O5/c1-14-5-6-16(9-15(14)2)25-23(30)20-7-8-22(29)27(26-20)13-21(28)24-17-10-18(31-3)12-19(11-17)32-4/h5-12H,13H2,1-4H3,(H,24,28)(H,25,30). The highest BCUT2D eigenvalue weighted by Gasteiger charge is 2.13. The third kappa shape index (κ3) is 5.51. The maximum Gasteiger partial charge on any atom is 0.276 e. The molecule has 9 heteroatoms. The number of aromatic nitrogens is 2. The number of methoxy groups -OCH3 is 2. The van der Waals surface area contributed by atoms with Crippen LogP contribution in [0.3, 0.4) is 0 Å². The molecule has 0 saturated carbocycles. The van der Waals surface area contributed by atoms with Crippen molar-refractivity contribution in [1.29, 1.82) is 0 Å². The highest BCUT2D eigenvalue weighted by atomic mass is 16.5. The fourth-order valence-corrected chi connectivity index (χ4v) is 2.91. The second-order valence-electron chi connectivity index (χ2n) is 7.12. The van der Waals surface area contributed by atoms with E-state index in [9.17, 15) is 14.4 Å². The Kier molecular flexibility index (Phi) is 6.89. The molecule has 3 aromatic rings. The summed E-state index contributed by atoms with van der Waals surface area (Å²) in [6.07, 6.45) is 0. The minimum atomic E-state index is -0.508. The fraction of sp³-hybridized carbons (Fsp3) is 0.217. The van der Waals surface area contributed by atoms with Gasteiger partial charge < -0.3 is 20.1 Å². The Bertz CT molecular complexity index is 1200. The summed E-state index contributed by atoms with van der Waals surface area (Å²) >= 11 is 0. The minimum absolute atomic E-state index is 0.0127. The van der Waals surface area contributed by atoms with Crippen LogP contribution in [0.2, 0.25) is 0 Å². The Morgan fingerprint density at radius 3 is 2.19 bits per heavy atom. The van der Waals surface area contributed by atoms with Gasteiger partial charge in [0, 0.05) is 35.6 Å². The number of ether oxygens (including phenoxy) is 2. The normalized spacial score (nSPS) is 10.4. The van der Waals surface area contributed by atoms with Gasteiger partial charge in [0.1, 0.15) is 23.7 Å². The predicted octanol–water partition coefficient (Wildman–Crippen LogP) is 2.77. The van der Waals surface area contributed by atoms with Crippen molar-refractivity contribution in [3.63, 3.8) is 0 Å². The van der Waals surface area contributed by atoms with Gasteiger partial charge in [-0.2, -0.15) is 5.10 Å². The van der Waals surface area contributed by atoms with Crippen molar-refractivity contribution >= 4 is 23.2 Å². The van der Waals surface area contributed by atoms with Crippen LogP contribution in [0.25, 0.3) is 0 Å². The van der Waals surface area contributed by atoms with Gasteiger partial charge in [-0.25, -0.2) is 4.68 Å². The molecular formula is C23H24N4O5. The molecule has 0 bridgehead atoms. The molecule has 9 nitrogen and oxygen atoms in total. The zero-order valence-corrected chi connectivity index (χ0v) is 18.3. The summed E-state index contributed by atoms with van der Waals surface area (Å²) in [6, 6.07) is 12.9. The van der Waals surface area contributed by atoms with E-state index in [1.54, 1.807) is 24.3 Å². The van der Waals surface area contributed by atoms with Crippen molar-refractivity contribution in [3.05, 3.63) is 75.7 Å². The Hall–Kier alpha value is -4.14. The van der Waals surface area contributed by atoms with Crippen LogP contribution in [0.1, 0.15) is 21.6 Å². The summed E-state index contributed by atoms with van der Waals surface area (Å²) in [5.41, 5.74) is 2.69. The molecule has 0 atom stereocenters. The van der Waals surface area contributed by atoms with E-state index in [4.69, 9.17) is 9.47 Å². The van der Waals surface area contributed by atoms with Gasteiger partial charge in [-0.1, -0.05) is 6.07 Å². The van der Waals surface area contributed by atoms with Crippen LogP contribution in [0.5, 0.6) is 11.5 Å². The molecule has 0 radical (unpaired) electrons. The number of nitrogens with one attached hydrogen (secondary N) is 2. The van der Waals surface area contributed by atoms with Gasteiger partial charge in [-0.3, -0.25) is 14.4 Å². The number of anilines is 2. The van der Waals surface area contributed by atoms with Crippen LogP contribution in [0.4, 0.5) is 11.4 Å². The second kappa shape index (κ2) is 9.78. The van der Waals surface area contributed by atoms with E-state index >= 15 is 0 Å². The zero-order valence-electron chi connectivity index (χ0n) is 18.3. The maximum absolute atomic E-state index is 12.6. The molecule has 166 valence electrons. The summed E-state index contributed by atoms with van der Waals surface area (Å²) in [5.74, 6) is 0.0153. The minimum Gasteiger partial charge on any atom is -0.497 e. The zero-order chi connectivity index (χ0) is 23.3. The average molecular weight is 436 g/mol. The van der Waals surface area contributed by atoms with Crippen LogP contribution < -0.4 is 25.7 Å². The summed E-state index contributed by atoms with van der Waals surface area (Å²) in [7, 11) is 3.00. The van der Waals surface area contributed by atoms with E-state index in [1.165, 1.54) is 26.4 Å². The molecule has 0 aliphatic heterocycles. The number of nitrogens with zero attached hydrogens (tertiary/aromatic N) is 2. The molecule has 1 aromatic heterocycles. The summed E-state index contributed by atoms with van der Waals surface area (Å²) in [4.78, 5) is 37.2. The van der Waals surface area contributed by atoms with Crippen LogP contribution in [0.15, 0.2) is 53.3 Å². The average Bonchev–Trinajstić information content (AvgIpc) is 2.77. The van der Waals surface area contributed by atoms with Gasteiger partial charge >= 0.3 is 0 Å². The van der Waals surface area contributed by atoms with Crippen molar-refractivity contribution in [3.8, 4) is 11.5 Å². The smallest absolute Gasteiger partial charge is 0.276 e. The first-order valence-electron chi connectivity index (χ1n) is 9.78. The van der Waals surface area contributed by atoms with Crippen LogP contribution in [-0.4, -0.2) is 35.8 Å². The molecule has 0 aliphatic rings. The van der Waals surface area contributed by atoms with Crippen molar-refractivity contribution in [1.82, 2.24) is 9.78 Å². The number of benzene rings is 2. The topological polar surface area (TPSA) is 112 Å². The van der Waals surface area contributed by atoms with Gasteiger partial charge in [0.15, 0.2) is 0 Å². The molecule has 0 saturated heterocycles. The van der Waals surface area contributed by atoms with Crippen molar-refractivity contribution < 1.29 is 19.1 Å². The largest absolute Gasteiger partial charge is 0.497 e. The molecule has 0 unspecified atom stereocenters. The molecule has 2 N–H and O–H groups in total. The third-order valence-corrected chi connectivity index (χ3v) is 4.79.